The Kier molecular flexibility index (Phi) is 37.0. The van der Waals surface area contributed by atoms with Crippen LogP contribution in [0.25, 0.3) is 0 Å². The zero-order valence-electron chi connectivity index (χ0n) is 29.9. The van der Waals surface area contributed by atoms with Gasteiger partial charge in [0.15, 0.2) is 0 Å². The third-order valence-electron chi connectivity index (χ3n) is 9.63. The molecule has 254 valence electrons. The van der Waals surface area contributed by atoms with Crippen molar-refractivity contribution in [3.8, 4) is 0 Å². The summed E-state index contributed by atoms with van der Waals surface area (Å²) < 4.78 is 0. The maximum atomic E-state index is 10.2. The van der Waals surface area contributed by atoms with Gasteiger partial charge in [-0.1, -0.05) is 219 Å². The first kappa shape index (κ1) is 41.9. The lowest BCUT2D eigenvalue weighted by Crippen LogP contribution is -2.34. The molecule has 0 radical (unpaired) electrons. The maximum Gasteiger partial charge on any atom is 0.104 e. The lowest BCUT2D eigenvalue weighted by atomic mass is 10.0. The summed E-state index contributed by atoms with van der Waals surface area (Å²) in [5, 5.41) is 10.2. The fraction of sp³-hybridized carbons (Fsp3) is 1.00. The van der Waals surface area contributed by atoms with Crippen LogP contribution in [-0.2, 0) is 0 Å². The number of hydrogen-bond donors (Lipinski definition) is 1. The predicted octanol–water partition coefficient (Wildman–Crippen LogP) is 13.9. The highest BCUT2D eigenvalue weighted by Crippen LogP contribution is 2.16. The van der Waals surface area contributed by atoms with Gasteiger partial charge in [-0.2, -0.15) is 0 Å². The van der Waals surface area contributed by atoms with E-state index in [-0.39, 0.29) is 6.23 Å². The quantitative estimate of drug-likeness (QED) is 0.0572. The summed E-state index contributed by atoms with van der Waals surface area (Å²) in [6, 6.07) is 0. The van der Waals surface area contributed by atoms with Crippen molar-refractivity contribution in [1.29, 1.82) is 0 Å². The normalized spacial score (nSPS) is 12.5. The second-order valence-corrected chi connectivity index (χ2v) is 14.0. The highest BCUT2D eigenvalue weighted by molar-refractivity contribution is 4.60. The van der Waals surface area contributed by atoms with E-state index in [1.807, 2.05) is 6.92 Å². The van der Waals surface area contributed by atoms with Gasteiger partial charge >= 0.3 is 0 Å². The second kappa shape index (κ2) is 37.1. The Morgan fingerprint density at radius 2 is 0.476 bits per heavy atom. The zero-order chi connectivity index (χ0) is 30.6. The maximum absolute atomic E-state index is 10.2. The molecular weight excluding hydrogens is 510 g/mol. The van der Waals surface area contributed by atoms with Crippen LogP contribution in [0.3, 0.4) is 0 Å². The predicted molar refractivity (Wildman–Crippen MR) is 192 cm³/mol. The van der Waals surface area contributed by atoms with Gasteiger partial charge in [-0.3, -0.25) is 4.90 Å². The minimum atomic E-state index is -0.285. The second-order valence-electron chi connectivity index (χ2n) is 14.0. The largest absolute Gasteiger partial charge is 0.379 e. The van der Waals surface area contributed by atoms with E-state index in [1.54, 1.807) is 0 Å². The lowest BCUT2D eigenvalue weighted by Gasteiger charge is -2.25. The first-order chi connectivity index (χ1) is 20.7. The van der Waals surface area contributed by atoms with Gasteiger partial charge in [0.2, 0.25) is 0 Å². The summed E-state index contributed by atoms with van der Waals surface area (Å²) in [6.45, 7) is 8.72. The Morgan fingerprint density at radius 1 is 0.310 bits per heavy atom. The summed E-state index contributed by atoms with van der Waals surface area (Å²) in [5.74, 6) is 0. The van der Waals surface area contributed by atoms with Gasteiger partial charge in [0.1, 0.15) is 6.23 Å². The smallest absolute Gasteiger partial charge is 0.104 e. The molecular formula is C40H83NO. The van der Waals surface area contributed by atoms with E-state index in [9.17, 15) is 5.11 Å². The molecule has 0 saturated heterocycles. The number of unbranched alkanes of at least 4 members (excludes halogenated alkanes) is 32. The van der Waals surface area contributed by atoms with Crippen molar-refractivity contribution in [3.63, 3.8) is 0 Å². The number of hydrogen-bond acceptors (Lipinski definition) is 2. The topological polar surface area (TPSA) is 23.5 Å². The van der Waals surface area contributed by atoms with Crippen LogP contribution in [0.5, 0.6) is 0 Å². The fourth-order valence-corrected chi connectivity index (χ4v) is 6.57. The van der Waals surface area contributed by atoms with Crippen molar-refractivity contribution < 1.29 is 5.11 Å². The summed E-state index contributed by atoms with van der Waals surface area (Å²) >= 11 is 0. The van der Waals surface area contributed by atoms with E-state index in [2.05, 4.69) is 18.7 Å². The minimum Gasteiger partial charge on any atom is -0.379 e. The van der Waals surface area contributed by atoms with Crippen molar-refractivity contribution >= 4 is 0 Å². The molecule has 1 N–H and O–H groups in total. The molecule has 1 atom stereocenters. The number of nitrogens with zero attached hydrogens (tertiary/aromatic N) is 1. The van der Waals surface area contributed by atoms with Gasteiger partial charge in [0.05, 0.1) is 0 Å². The van der Waals surface area contributed by atoms with Crippen LogP contribution < -0.4 is 0 Å². The van der Waals surface area contributed by atoms with E-state index in [1.165, 1.54) is 218 Å². The monoisotopic (exact) mass is 594 g/mol. The van der Waals surface area contributed by atoms with Gasteiger partial charge in [-0.15, -0.1) is 0 Å². The number of aliphatic hydroxyl groups excluding tert-OH is 1. The molecule has 0 rings (SSSR count). The molecule has 0 aromatic heterocycles. The Balaban J connectivity index is 3.36. The lowest BCUT2D eigenvalue weighted by molar-refractivity contribution is 0.0163. The Bertz CT molecular complexity index is 427. The average Bonchev–Trinajstić information content (AvgIpc) is 2.99. The standard InChI is InChI=1S/C40H83NO/c1-4-6-8-10-12-14-16-18-20-22-24-26-28-30-32-34-36-38-41(40(3)42)39-37-35-33-31-29-27-25-23-21-19-17-15-13-11-9-7-5-2/h40,42H,4-39H2,1-3H3. The Morgan fingerprint density at radius 3 is 0.643 bits per heavy atom. The van der Waals surface area contributed by atoms with Crippen LogP contribution in [0.1, 0.15) is 239 Å². The molecule has 42 heavy (non-hydrogen) atoms. The van der Waals surface area contributed by atoms with E-state index >= 15 is 0 Å². The molecule has 1 unspecified atom stereocenters. The zero-order valence-corrected chi connectivity index (χ0v) is 29.9. The molecule has 0 spiro atoms. The van der Waals surface area contributed by atoms with Gasteiger partial charge in [0, 0.05) is 13.1 Å². The van der Waals surface area contributed by atoms with Crippen molar-refractivity contribution in [2.75, 3.05) is 13.1 Å². The van der Waals surface area contributed by atoms with Gasteiger partial charge < -0.3 is 5.11 Å². The SMILES string of the molecule is CCCCCCCCCCCCCCCCCCCN(CCCCCCCCCCCCCCCCCCC)C(C)O. The number of rotatable bonds is 37. The molecule has 0 fully saturated rings. The van der Waals surface area contributed by atoms with Crippen molar-refractivity contribution in [3.05, 3.63) is 0 Å². The van der Waals surface area contributed by atoms with Crippen LogP contribution in [0, 0.1) is 0 Å². The van der Waals surface area contributed by atoms with Crippen LogP contribution in [0.15, 0.2) is 0 Å². The fourth-order valence-electron chi connectivity index (χ4n) is 6.57. The molecule has 0 saturated carbocycles. The van der Waals surface area contributed by atoms with E-state index in [0.717, 1.165) is 13.1 Å². The first-order valence-corrected chi connectivity index (χ1v) is 20.1. The van der Waals surface area contributed by atoms with Crippen LogP contribution in [-0.4, -0.2) is 29.3 Å². The Labute approximate surface area is 268 Å². The average molecular weight is 594 g/mol. The summed E-state index contributed by atoms with van der Waals surface area (Å²) in [5.41, 5.74) is 0. The summed E-state index contributed by atoms with van der Waals surface area (Å²) in [6.07, 6.45) is 48.1. The summed E-state index contributed by atoms with van der Waals surface area (Å²) in [7, 11) is 0. The third-order valence-corrected chi connectivity index (χ3v) is 9.63. The minimum absolute atomic E-state index is 0.285. The molecule has 0 aromatic carbocycles. The highest BCUT2D eigenvalue weighted by atomic mass is 16.3. The van der Waals surface area contributed by atoms with Crippen LogP contribution in [0.2, 0.25) is 0 Å². The first-order valence-electron chi connectivity index (χ1n) is 20.1. The van der Waals surface area contributed by atoms with Crippen molar-refractivity contribution in [2.45, 2.75) is 245 Å². The van der Waals surface area contributed by atoms with E-state index in [0.29, 0.717) is 0 Å². The molecule has 0 bridgehead atoms. The van der Waals surface area contributed by atoms with Gasteiger partial charge in [-0.25, -0.2) is 0 Å². The number of aliphatic hydroxyl groups is 1. The summed E-state index contributed by atoms with van der Waals surface area (Å²) in [4.78, 5) is 2.32. The molecule has 0 aliphatic rings. The Hall–Kier alpha value is -0.0800. The van der Waals surface area contributed by atoms with Gasteiger partial charge in [-0.05, 0) is 19.8 Å². The van der Waals surface area contributed by atoms with Crippen molar-refractivity contribution in [1.82, 2.24) is 4.90 Å². The molecule has 0 aliphatic heterocycles. The molecule has 0 aromatic rings. The van der Waals surface area contributed by atoms with E-state index < -0.39 is 0 Å². The molecule has 2 nitrogen and oxygen atoms in total. The highest BCUT2D eigenvalue weighted by Gasteiger charge is 2.09. The molecule has 0 heterocycles. The molecule has 2 heteroatoms. The van der Waals surface area contributed by atoms with Crippen molar-refractivity contribution in [2.24, 2.45) is 0 Å². The molecule has 0 aliphatic carbocycles. The van der Waals surface area contributed by atoms with Crippen LogP contribution in [0.4, 0.5) is 0 Å². The third kappa shape index (κ3) is 34.4. The van der Waals surface area contributed by atoms with E-state index in [4.69, 9.17) is 0 Å². The van der Waals surface area contributed by atoms with Gasteiger partial charge in [0.25, 0.3) is 0 Å². The molecule has 0 amide bonds. The van der Waals surface area contributed by atoms with Crippen LogP contribution >= 0.6 is 0 Å².